The van der Waals surface area contributed by atoms with Crippen LogP contribution in [0.1, 0.15) is 84.0 Å². The molecule has 0 aliphatic rings. The van der Waals surface area contributed by atoms with Crippen molar-refractivity contribution in [3.8, 4) is 0 Å². The van der Waals surface area contributed by atoms with E-state index in [0.717, 1.165) is 6.42 Å². The van der Waals surface area contributed by atoms with Crippen LogP contribution in [0, 0.1) is 0 Å². The molecule has 0 heteroatoms. The first-order valence-electron chi connectivity index (χ1n) is 8.24. The molecule has 0 nitrogen and oxygen atoms in total. The van der Waals surface area contributed by atoms with Crippen LogP contribution in [-0.2, 0) is 0 Å². The number of unbranched alkanes of at least 4 members (excludes halogenated alkanes) is 7. The minimum absolute atomic E-state index is 1.16. The maximum Gasteiger partial charge on any atom is -0.0317 e. The van der Waals surface area contributed by atoms with Crippen LogP contribution >= 0.6 is 0 Å². The second-order valence-corrected chi connectivity index (χ2v) is 5.43. The van der Waals surface area contributed by atoms with Crippen molar-refractivity contribution >= 4 is 0 Å². The molecule has 0 saturated heterocycles. The van der Waals surface area contributed by atoms with Gasteiger partial charge in [0.2, 0.25) is 0 Å². The fourth-order valence-electron chi connectivity index (χ4n) is 2.31. The Morgan fingerprint density at radius 3 is 2.05 bits per heavy atom. The summed E-state index contributed by atoms with van der Waals surface area (Å²) in [4.78, 5) is 0. The van der Waals surface area contributed by atoms with Gasteiger partial charge >= 0.3 is 0 Å². The minimum Gasteiger partial charge on any atom is -0.103 e. The SMILES string of the molecule is C=CCCCCCCC(=CCCCC)CCCC=C. The van der Waals surface area contributed by atoms with Crippen molar-refractivity contribution in [3.63, 3.8) is 0 Å². The normalized spacial score (nSPS) is 11.5. The predicted molar refractivity (Wildman–Crippen MR) is 89.6 cm³/mol. The van der Waals surface area contributed by atoms with Crippen molar-refractivity contribution < 1.29 is 0 Å². The lowest BCUT2D eigenvalue weighted by Crippen LogP contribution is -1.87. The van der Waals surface area contributed by atoms with E-state index >= 15 is 0 Å². The summed E-state index contributed by atoms with van der Waals surface area (Å²) in [6, 6.07) is 0. The van der Waals surface area contributed by atoms with E-state index in [9.17, 15) is 0 Å². The molecule has 0 aromatic rings. The Kier molecular flexibility index (Phi) is 14.7. The third-order valence-corrected chi connectivity index (χ3v) is 3.55. The second-order valence-electron chi connectivity index (χ2n) is 5.43. The molecule has 0 heterocycles. The van der Waals surface area contributed by atoms with E-state index in [2.05, 4.69) is 26.2 Å². The number of allylic oxidation sites excluding steroid dienone is 4. The van der Waals surface area contributed by atoms with Gasteiger partial charge in [0, 0.05) is 0 Å². The maximum atomic E-state index is 3.81. The zero-order chi connectivity index (χ0) is 14.2. The Balaban J connectivity index is 3.79. The Morgan fingerprint density at radius 2 is 1.37 bits per heavy atom. The van der Waals surface area contributed by atoms with E-state index in [1.54, 1.807) is 5.57 Å². The van der Waals surface area contributed by atoms with Gasteiger partial charge in [-0.05, 0) is 51.4 Å². The molecule has 0 spiro atoms. The zero-order valence-electron chi connectivity index (χ0n) is 13.1. The maximum absolute atomic E-state index is 3.81. The molecular formula is C19H34. The third-order valence-electron chi connectivity index (χ3n) is 3.55. The van der Waals surface area contributed by atoms with Gasteiger partial charge < -0.3 is 0 Å². The number of hydrogen-bond acceptors (Lipinski definition) is 0. The predicted octanol–water partition coefficient (Wildman–Crippen LogP) is 6.99. The fourth-order valence-corrected chi connectivity index (χ4v) is 2.31. The van der Waals surface area contributed by atoms with Gasteiger partial charge in [0.1, 0.15) is 0 Å². The molecule has 0 bridgehead atoms. The molecular weight excluding hydrogens is 228 g/mol. The molecule has 0 N–H and O–H groups in total. The summed E-state index contributed by atoms with van der Waals surface area (Å²) in [5.41, 5.74) is 1.69. The van der Waals surface area contributed by atoms with Crippen LogP contribution in [0.25, 0.3) is 0 Å². The minimum atomic E-state index is 1.16. The van der Waals surface area contributed by atoms with Gasteiger partial charge in [-0.25, -0.2) is 0 Å². The largest absolute Gasteiger partial charge is 0.103 e. The van der Waals surface area contributed by atoms with Crippen LogP contribution in [0.4, 0.5) is 0 Å². The monoisotopic (exact) mass is 262 g/mol. The van der Waals surface area contributed by atoms with Crippen molar-refractivity contribution in [1.29, 1.82) is 0 Å². The van der Waals surface area contributed by atoms with E-state index in [-0.39, 0.29) is 0 Å². The molecule has 0 aromatic heterocycles. The molecule has 0 atom stereocenters. The highest BCUT2D eigenvalue weighted by Crippen LogP contribution is 2.18. The highest BCUT2D eigenvalue weighted by Gasteiger charge is 1.98. The first-order chi connectivity index (χ1) is 9.35. The van der Waals surface area contributed by atoms with Crippen LogP contribution in [-0.4, -0.2) is 0 Å². The molecule has 0 saturated carbocycles. The van der Waals surface area contributed by atoms with Gasteiger partial charge in [-0.3, -0.25) is 0 Å². The Hall–Kier alpha value is -0.780. The molecule has 110 valence electrons. The van der Waals surface area contributed by atoms with E-state index in [4.69, 9.17) is 0 Å². The van der Waals surface area contributed by atoms with Crippen LogP contribution in [0.15, 0.2) is 37.0 Å². The third kappa shape index (κ3) is 13.5. The van der Waals surface area contributed by atoms with Crippen LogP contribution < -0.4 is 0 Å². The zero-order valence-corrected chi connectivity index (χ0v) is 13.1. The molecule has 0 aliphatic heterocycles. The smallest absolute Gasteiger partial charge is 0.0317 e. The fraction of sp³-hybridized carbons (Fsp3) is 0.684. The van der Waals surface area contributed by atoms with Crippen molar-refractivity contribution in [2.75, 3.05) is 0 Å². The molecule has 0 fully saturated rings. The second kappa shape index (κ2) is 15.3. The van der Waals surface area contributed by atoms with Gasteiger partial charge in [-0.2, -0.15) is 0 Å². The summed E-state index contributed by atoms with van der Waals surface area (Å²) < 4.78 is 0. The average molecular weight is 262 g/mol. The van der Waals surface area contributed by atoms with Crippen molar-refractivity contribution in [2.24, 2.45) is 0 Å². The first kappa shape index (κ1) is 18.2. The molecule has 0 aliphatic carbocycles. The van der Waals surface area contributed by atoms with Crippen molar-refractivity contribution in [2.45, 2.75) is 84.0 Å². The summed E-state index contributed by atoms with van der Waals surface area (Å²) in [6.45, 7) is 9.85. The van der Waals surface area contributed by atoms with Crippen molar-refractivity contribution in [3.05, 3.63) is 37.0 Å². The molecule has 19 heavy (non-hydrogen) atoms. The van der Waals surface area contributed by atoms with E-state index in [1.807, 2.05) is 12.2 Å². The Labute approximate surface area is 121 Å². The highest BCUT2D eigenvalue weighted by molar-refractivity contribution is 5.02. The van der Waals surface area contributed by atoms with Gasteiger partial charge in [0.15, 0.2) is 0 Å². The van der Waals surface area contributed by atoms with Gasteiger partial charge in [0.05, 0.1) is 0 Å². The summed E-state index contributed by atoms with van der Waals surface area (Å²) in [7, 11) is 0. The van der Waals surface area contributed by atoms with Crippen LogP contribution in [0.2, 0.25) is 0 Å². The summed E-state index contributed by atoms with van der Waals surface area (Å²) in [5.74, 6) is 0. The molecule has 0 aromatic carbocycles. The lowest BCUT2D eigenvalue weighted by molar-refractivity contribution is 0.630. The molecule has 0 amide bonds. The Morgan fingerprint density at radius 1 is 0.737 bits per heavy atom. The summed E-state index contributed by atoms with van der Waals surface area (Å²) in [6.07, 6.45) is 22.1. The lowest BCUT2D eigenvalue weighted by Gasteiger charge is -2.07. The quantitative estimate of drug-likeness (QED) is 0.234. The topological polar surface area (TPSA) is 0 Å². The summed E-state index contributed by atoms with van der Waals surface area (Å²) >= 11 is 0. The van der Waals surface area contributed by atoms with E-state index in [1.165, 1.54) is 70.6 Å². The van der Waals surface area contributed by atoms with Gasteiger partial charge in [-0.15, -0.1) is 13.2 Å². The highest BCUT2D eigenvalue weighted by atomic mass is 14.0. The standard InChI is InChI=1S/C19H34/c1-4-7-10-11-12-15-18-19(16-13-8-5-2)17-14-9-6-3/h4-5,17H,1-2,6-16,18H2,3H3. The van der Waals surface area contributed by atoms with E-state index < -0.39 is 0 Å². The first-order valence-corrected chi connectivity index (χ1v) is 8.24. The molecule has 0 unspecified atom stereocenters. The Bertz CT molecular complexity index is 234. The van der Waals surface area contributed by atoms with Gasteiger partial charge in [-0.1, -0.05) is 56.4 Å². The number of rotatable bonds is 14. The number of hydrogen-bond donors (Lipinski definition) is 0. The average Bonchev–Trinajstić information content (AvgIpc) is 2.42. The summed E-state index contributed by atoms with van der Waals surface area (Å²) in [5, 5.41) is 0. The lowest BCUT2D eigenvalue weighted by atomic mass is 9.99. The van der Waals surface area contributed by atoms with Gasteiger partial charge in [0.25, 0.3) is 0 Å². The van der Waals surface area contributed by atoms with E-state index in [0.29, 0.717) is 0 Å². The van der Waals surface area contributed by atoms with Crippen molar-refractivity contribution in [1.82, 2.24) is 0 Å². The van der Waals surface area contributed by atoms with Crippen LogP contribution in [0.5, 0.6) is 0 Å². The molecule has 0 radical (unpaired) electrons. The van der Waals surface area contributed by atoms with Crippen LogP contribution in [0.3, 0.4) is 0 Å². The molecule has 0 rings (SSSR count).